The van der Waals surface area contributed by atoms with Crippen molar-refractivity contribution < 1.29 is 13.6 Å². The number of carbonyl (C=O) groups excluding carboxylic acids is 1. The van der Waals surface area contributed by atoms with Crippen LogP contribution in [0.25, 0.3) is 11.3 Å². The second-order valence-corrected chi connectivity index (χ2v) is 6.81. The third kappa shape index (κ3) is 5.27. The molecule has 2 N–H and O–H groups in total. The molecule has 0 atom stereocenters. The molecule has 1 amide bonds. The normalized spacial score (nSPS) is 10.5. The SMILES string of the molecule is O=C(NCc1ccc(F)cc1)c1ccc(Nc2cc(-c3ccc(F)cc3)ncn2)cc1. The number of nitrogens with zero attached hydrogens (tertiary/aromatic N) is 2. The molecule has 0 bridgehead atoms. The zero-order valence-corrected chi connectivity index (χ0v) is 16.3. The molecule has 1 heterocycles. The maximum absolute atomic E-state index is 13.1. The average molecular weight is 416 g/mol. The minimum atomic E-state index is -0.313. The van der Waals surface area contributed by atoms with Crippen LogP contribution < -0.4 is 10.6 Å². The molecule has 0 aliphatic rings. The lowest BCUT2D eigenvalue weighted by Gasteiger charge is -2.09. The van der Waals surface area contributed by atoms with E-state index in [4.69, 9.17) is 0 Å². The second-order valence-electron chi connectivity index (χ2n) is 6.81. The number of nitrogens with one attached hydrogen (secondary N) is 2. The molecule has 5 nitrogen and oxygen atoms in total. The Morgan fingerprint density at radius 2 is 1.45 bits per heavy atom. The van der Waals surface area contributed by atoms with Gasteiger partial charge in [0.2, 0.25) is 0 Å². The Balaban J connectivity index is 1.39. The van der Waals surface area contributed by atoms with E-state index in [1.54, 1.807) is 54.6 Å². The van der Waals surface area contributed by atoms with Crippen LogP contribution in [0.1, 0.15) is 15.9 Å². The molecule has 0 saturated heterocycles. The van der Waals surface area contributed by atoms with Crippen molar-refractivity contribution >= 4 is 17.4 Å². The number of rotatable bonds is 6. The van der Waals surface area contributed by atoms with Gasteiger partial charge in [-0.3, -0.25) is 4.79 Å². The lowest BCUT2D eigenvalue weighted by atomic mass is 10.1. The van der Waals surface area contributed by atoms with E-state index < -0.39 is 0 Å². The van der Waals surface area contributed by atoms with Crippen LogP contribution >= 0.6 is 0 Å². The van der Waals surface area contributed by atoms with Crippen molar-refractivity contribution in [1.29, 1.82) is 0 Å². The first kappa shape index (κ1) is 20.2. The standard InChI is InChI=1S/C24H18F2N4O/c25-19-7-1-16(2-8-19)14-27-24(31)18-5-11-21(12-6-18)30-23-13-22(28-15-29-23)17-3-9-20(26)10-4-17/h1-13,15H,14H2,(H,27,31)(H,28,29,30). The Labute approximate surface area is 177 Å². The highest BCUT2D eigenvalue weighted by Crippen LogP contribution is 2.21. The van der Waals surface area contributed by atoms with Gasteiger partial charge in [-0.05, 0) is 66.2 Å². The van der Waals surface area contributed by atoms with Crippen molar-refractivity contribution in [2.75, 3.05) is 5.32 Å². The van der Waals surface area contributed by atoms with Crippen LogP contribution in [-0.4, -0.2) is 15.9 Å². The zero-order chi connectivity index (χ0) is 21.6. The first-order valence-electron chi connectivity index (χ1n) is 9.54. The minimum absolute atomic E-state index is 0.225. The van der Waals surface area contributed by atoms with Gasteiger partial charge in [0.15, 0.2) is 0 Å². The molecule has 31 heavy (non-hydrogen) atoms. The summed E-state index contributed by atoms with van der Waals surface area (Å²) in [4.78, 5) is 20.8. The number of anilines is 2. The highest BCUT2D eigenvalue weighted by molar-refractivity contribution is 5.94. The maximum Gasteiger partial charge on any atom is 0.251 e. The first-order chi connectivity index (χ1) is 15.1. The average Bonchev–Trinajstić information content (AvgIpc) is 2.80. The van der Waals surface area contributed by atoms with Gasteiger partial charge in [-0.2, -0.15) is 0 Å². The van der Waals surface area contributed by atoms with Crippen molar-refractivity contribution in [3.63, 3.8) is 0 Å². The summed E-state index contributed by atoms with van der Waals surface area (Å²) in [5.74, 6) is -0.274. The van der Waals surface area contributed by atoms with E-state index in [0.717, 1.165) is 16.8 Å². The molecular weight excluding hydrogens is 398 g/mol. The third-order valence-electron chi connectivity index (χ3n) is 4.59. The molecule has 0 fully saturated rings. The topological polar surface area (TPSA) is 66.9 Å². The Kier molecular flexibility index (Phi) is 5.93. The maximum atomic E-state index is 13.1. The minimum Gasteiger partial charge on any atom is -0.348 e. The van der Waals surface area contributed by atoms with Crippen LogP contribution in [-0.2, 0) is 6.54 Å². The van der Waals surface area contributed by atoms with Gasteiger partial charge in [0.05, 0.1) is 5.69 Å². The quantitative estimate of drug-likeness (QED) is 0.459. The van der Waals surface area contributed by atoms with Crippen LogP contribution in [0.5, 0.6) is 0 Å². The van der Waals surface area contributed by atoms with E-state index in [9.17, 15) is 13.6 Å². The Morgan fingerprint density at radius 3 is 2.13 bits per heavy atom. The number of carbonyl (C=O) groups is 1. The van der Waals surface area contributed by atoms with E-state index in [0.29, 0.717) is 23.6 Å². The fourth-order valence-electron chi connectivity index (χ4n) is 2.94. The number of halogens is 2. The van der Waals surface area contributed by atoms with Crippen molar-refractivity contribution in [2.45, 2.75) is 6.54 Å². The second kappa shape index (κ2) is 9.13. The fourth-order valence-corrected chi connectivity index (χ4v) is 2.94. The van der Waals surface area contributed by atoms with E-state index in [1.165, 1.54) is 30.6 Å². The molecule has 0 radical (unpaired) electrons. The van der Waals surface area contributed by atoms with Crippen molar-refractivity contribution in [1.82, 2.24) is 15.3 Å². The Morgan fingerprint density at radius 1 is 0.806 bits per heavy atom. The monoisotopic (exact) mass is 416 g/mol. The fraction of sp³-hybridized carbons (Fsp3) is 0.0417. The van der Waals surface area contributed by atoms with Crippen LogP contribution in [0.4, 0.5) is 20.3 Å². The number of hydrogen-bond donors (Lipinski definition) is 2. The van der Waals surface area contributed by atoms with E-state index in [2.05, 4.69) is 20.6 Å². The van der Waals surface area contributed by atoms with Crippen LogP contribution in [0, 0.1) is 11.6 Å². The third-order valence-corrected chi connectivity index (χ3v) is 4.59. The van der Waals surface area contributed by atoms with Gasteiger partial charge >= 0.3 is 0 Å². The summed E-state index contributed by atoms with van der Waals surface area (Å²) in [5, 5.41) is 5.97. The lowest BCUT2D eigenvalue weighted by Crippen LogP contribution is -2.22. The summed E-state index contributed by atoms with van der Waals surface area (Å²) in [5.41, 5.74) is 3.50. The smallest absolute Gasteiger partial charge is 0.251 e. The van der Waals surface area contributed by atoms with E-state index in [-0.39, 0.29) is 17.5 Å². The van der Waals surface area contributed by atoms with Gasteiger partial charge < -0.3 is 10.6 Å². The van der Waals surface area contributed by atoms with E-state index in [1.807, 2.05) is 0 Å². The highest BCUT2D eigenvalue weighted by Gasteiger charge is 2.07. The number of amides is 1. The lowest BCUT2D eigenvalue weighted by molar-refractivity contribution is 0.0951. The van der Waals surface area contributed by atoms with Crippen molar-refractivity contribution in [3.05, 3.63) is 108 Å². The van der Waals surface area contributed by atoms with Gasteiger partial charge in [0, 0.05) is 29.4 Å². The van der Waals surface area contributed by atoms with Gasteiger partial charge in [-0.15, -0.1) is 0 Å². The molecule has 0 spiro atoms. The van der Waals surface area contributed by atoms with Gasteiger partial charge in [0.25, 0.3) is 5.91 Å². The van der Waals surface area contributed by atoms with Crippen LogP contribution in [0.2, 0.25) is 0 Å². The molecular formula is C24H18F2N4O. The Bertz CT molecular complexity index is 1180. The highest BCUT2D eigenvalue weighted by atomic mass is 19.1. The molecule has 0 aliphatic carbocycles. The number of hydrogen-bond acceptors (Lipinski definition) is 4. The summed E-state index contributed by atoms with van der Waals surface area (Å²) in [6.07, 6.45) is 1.43. The van der Waals surface area contributed by atoms with Gasteiger partial charge in [-0.25, -0.2) is 18.7 Å². The molecule has 0 aliphatic heterocycles. The van der Waals surface area contributed by atoms with Gasteiger partial charge in [-0.1, -0.05) is 12.1 Å². The predicted octanol–water partition coefficient (Wildman–Crippen LogP) is 5.10. The predicted molar refractivity (Wildman–Crippen MR) is 115 cm³/mol. The molecule has 154 valence electrons. The molecule has 4 aromatic rings. The molecule has 1 aromatic heterocycles. The van der Waals surface area contributed by atoms with E-state index >= 15 is 0 Å². The molecule has 0 unspecified atom stereocenters. The van der Waals surface area contributed by atoms with Crippen LogP contribution in [0.3, 0.4) is 0 Å². The summed E-state index contributed by atoms with van der Waals surface area (Å²) >= 11 is 0. The largest absolute Gasteiger partial charge is 0.348 e. The Hall–Kier alpha value is -4.13. The summed E-state index contributed by atoms with van der Waals surface area (Å²) < 4.78 is 26.1. The molecule has 4 rings (SSSR count). The molecule has 0 saturated carbocycles. The summed E-state index contributed by atoms with van der Waals surface area (Å²) in [6, 6.07) is 20.7. The number of benzene rings is 3. The molecule has 3 aromatic carbocycles. The first-order valence-corrected chi connectivity index (χ1v) is 9.54. The van der Waals surface area contributed by atoms with Crippen LogP contribution in [0.15, 0.2) is 85.2 Å². The zero-order valence-electron chi connectivity index (χ0n) is 16.3. The summed E-state index contributed by atoms with van der Waals surface area (Å²) in [6.45, 7) is 0.312. The van der Waals surface area contributed by atoms with Crippen molar-refractivity contribution in [3.8, 4) is 11.3 Å². The van der Waals surface area contributed by atoms with Crippen molar-refractivity contribution in [2.24, 2.45) is 0 Å². The number of aromatic nitrogens is 2. The van der Waals surface area contributed by atoms with Gasteiger partial charge in [0.1, 0.15) is 23.8 Å². The summed E-state index contributed by atoms with van der Waals surface area (Å²) in [7, 11) is 0. The molecule has 7 heteroatoms.